The molecule has 0 aliphatic carbocycles. The van der Waals surface area contributed by atoms with Crippen LogP contribution in [-0.4, -0.2) is 6.54 Å². The third-order valence-electron chi connectivity index (χ3n) is 2.62. The molecule has 0 radical (unpaired) electrons. The van der Waals surface area contributed by atoms with Gasteiger partial charge in [-0.1, -0.05) is 20.8 Å². The molecule has 15 heavy (non-hydrogen) atoms. The average Bonchev–Trinajstić information content (AvgIpc) is 2.16. The maximum atomic E-state index is 13.4. The molecular formula is C12H17F2N. The molecule has 0 aliphatic rings. The zero-order valence-corrected chi connectivity index (χ0v) is 9.35. The standard InChI is InChI=1S/C12H17F2N/c1-7(2)9-4-10(8(3)6-15)12(14)5-11(9)13/h4-5,7-8H,6,15H2,1-3H3. The number of rotatable bonds is 3. The summed E-state index contributed by atoms with van der Waals surface area (Å²) in [5.41, 5.74) is 6.53. The van der Waals surface area contributed by atoms with Gasteiger partial charge in [-0.05, 0) is 35.6 Å². The second-order valence-corrected chi connectivity index (χ2v) is 4.19. The van der Waals surface area contributed by atoms with Gasteiger partial charge >= 0.3 is 0 Å². The molecule has 0 heterocycles. The van der Waals surface area contributed by atoms with Crippen LogP contribution >= 0.6 is 0 Å². The Balaban J connectivity index is 3.23. The zero-order valence-electron chi connectivity index (χ0n) is 9.35. The van der Waals surface area contributed by atoms with Crippen LogP contribution in [-0.2, 0) is 0 Å². The fourth-order valence-electron chi connectivity index (χ4n) is 1.53. The van der Waals surface area contributed by atoms with Crippen LogP contribution in [0.25, 0.3) is 0 Å². The van der Waals surface area contributed by atoms with E-state index in [9.17, 15) is 8.78 Å². The first kappa shape index (κ1) is 12.1. The van der Waals surface area contributed by atoms with Crippen molar-refractivity contribution < 1.29 is 8.78 Å². The molecular weight excluding hydrogens is 196 g/mol. The van der Waals surface area contributed by atoms with Crippen molar-refractivity contribution in [3.63, 3.8) is 0 Å². The molecule has 1 nitrogen and oxygen atoms in total. The highest BCUT2D eigenvalue weighted by atomic mass is 19.1. The Morgan fingerprint density at radius 3 is 2.07 bits per heavy atom. The van der Waals surface area contributed by atoms with Gasteiger partial charge in [0.1, 0.15) is 11.6 Å². The van der Waals surface area contributed by atoms with E-state index in [1.165, 1.54) is 0 Å². The first-order valence-corrected chi connectivity index (χ1v) is 5.16. The average molecular weight is 213 g/mol. The Bertz CT molecular complexity index is 348. The smallest absolute Gasteiger partial charge is 0.129 e. The van der Waals surface area contributed by atoms with Gasteiger partial charge in [0.15, 0.2) is 0 Å². The van der Waals surface area contributed by atoms with E-state index in [4.69, 9.17) is 5.73 Å². The Morgan fingerprint density at radius 2 is 1.60 bits per heavy atom. The fraction of sp³-hybridized carbons (Fsp3) is 0.500. The van der Waals surface area contributed by atoms with Gasteiger partial charge in [-0.3, -0.25) is 0 Å². The minimum Gasteiger partial charge on any atom is -0.330 e. The van der Waals surface area contributed by atoms with Crippen LogP contribution in [0.5, 0.6) is 0 Å². The van der Waals surface area contributed by atoms with Gasteiger partial charge in [-0.25, -0.2) is 8.78 Å². The summed E-state index contributed by atoms with van der Waals surface area (Å²) in [6.45, 7) is 5.96. The van der Waals surface area contributed by atoms with Crippen molar-refractivity contribution in [2.75, 3.05) is 6.54 Å². The summed E-state index contributed by atoms with van der Waals surface area (Å²) in [5.74, 6) is -1.01. The number of halogens is 2. The van der Waals surface area contributed by atoms with E-state index in [2.05, 4.69) is 0 Å². The van der Waals surface area contributed by atoms with Crippen molar-refractivity contribution in [3.05, 3.63) is 34.9 Å². The topological polar surface area (TPSA) is 26.0 Å². The largest absolute Gasteiger partial charge is 0.330 e. The van der Waals surface area contributed by atoms with Crippen LogP contribution in [0.15, 0.2) is 12.1 Å². The molecule has 0 aliphatic heterocycles. The van der Waals surface area contributed by atoms with E-state index in [1.54, 1.807) is 6.07 Å². The van der Waals surface area contributed by atoms with E-state index in [0.29, 0.717) is 17.7 Å². The Hall–Kier alpha value is -0.960. The minimum atomic E-state index is -0.505. The SMILES string of the molecule is CC(C)c1cc(C(C)CN)c(F)cc1F. The highest BCUT2D eigenvalue weighted by molar-refractivity contribution is 5.31. The zero-order chi connectivity index (χ0) is 11.6. The van der Waals surface area contributed by atoms with Gasteiger partial charge in [0.2, 0.25) is 0 Å². The number of hydrogen-bond donors (Lipinski definition) is 1. The summed E-state index contributed by atoms with van der Waals surface area (Å²) in [7, 11) is 0. The van der Waals surface area contributed by atoms with E-state index in [-0.39, 0.29) is 11.8 Å². The Kier molecular flexibility index (Phi) is 3.80. The Morgan fingerprint density at radius 1 is 1.07 bits per heavy atom. The lowest BCUT2D eigenvalue weighted by atomic mass is 9.94. The molecule has 0 saturated carbocycles. The molecule has 2 N–H and O–H groups in total. The maximum absolute atomic E-state index is 13.4. The van der Waals surface area contributed by atoms with Gasteiger partial charge in [0, 0.05) is 6.07 Å². The molecule has 3 heteroatoms. The first-order chi connectivity index (χ1) is 6.97. The van der Waals surface area contributed by atoms with Crippen LogP contribution < -0.4 is 5.73 Å². The van der Waals surface area contributed by atoms with Crippen LogP contribution in [0.3, 0.4) is 0 Å². The van der Waals surface area contributed by atoms with E-state index in [0.717, 1.165) is 6.07 Å². The third-order valence-corrected chi connectivity index (χ3v) is 2.62. The normalized spacial score (nSPS) is 13.3. The molecule has 1 rings (SSSR count). The van der Waals surface area contributed by atoms with Crippen molar-refractivity contribution in [2.45, 2.75) is 32.6 Å². The first-order valence-electron chi connectivity index (χ1n) is 5.16. The van der Waals surface area contributed by atoms with Crippen molar-refractivity contribution in [1.29, 1.82) is 0 Å². The van der Waals surface area contributed by atoms with Crippen molar-refractivity contribution in [2.24, 2.45) is 5.73 Å². The van der Waals surface area contributed by atoms with Gasteiger partial charge in [-0.2, -0.15) is 0 Å². The lowest BCUT2D eigenvalue weighted by molar-refractivity contribution is 0.546. The molecule has 0 fully saturated rings. The van der Waals surface area contributed by atoms with Gasteiger partial charge in [0.25, 0.3) is 0 Å². The van der Waals surface area contributed by atoms with Crippen LogP contribution in [0.1, 0.15) is 43.7 Å². The molecule has 0 bridgehead atoms. The monoisotopic (exact) mass is 213 g/mol. The lowest BCUT2D eigenvalue weighted by Crippen LogP contribution is -2.11. The molecule has 1 aromatic carbocycles. The summed E-state index contributed by atoms with van der Waals surface area (Å²) < 4.78 is 26.8. The lowest BCUT2D eigenvalue weighted by Gasteiger charge is -2.14. The molecule has 0 amide bonds. The number of hydrogen-bond acceptors (Lipinski definition) is 1. The van der Waals surface area contributed by atoms with Crippen molar-refractivity contribution in [3.8, 4) is 0 Å². The number of nitrogens with two attached hydrogens (primary N) is 1. The van der Waals surface area contributed by atoms with Gasteiger partial charge in [-0.15, -0.1) is 0 Å². The Labute approximate surface area is 89.3 Å². The number of benzene rings is 1. The molecule has 0 spiro atoms. The van der Waals surface area contributed by atoms with Crippen LogP contribution in [0, 0.1) is 11.6 Å². The predicted molar refractivity (Wildman–Crippen MR) is 57.9 cm³/mol. The summed E-state index contributed by atoms with van der Waals surface area (Å²) >= 11 is 0. The minimum absolute atomic E-state index is 0.0503. The van der Waals surface area contributed by atoms with Gasteiger partial charge < -0.3 is 5.73 Å². The highest BCUT2D eigenvalue weighted by Crippen LogP contribution is 2.26. The summed E-state index contributed by atoms with van der Waals surface area (Å²) in [4.78, 5) is 0. The second-order valence-electron chi connectivity index (χ2n) is 4.19. The van der Waals surface area contributed by atoms with Gasteiger partial charge in [0.05, 0.1) is 0 Å². The summed E-state index contributed by atoms with van der Waals surface area (Å²) in [5, 5.41) is 0. The molecule has 1 unspecified atom stereocenters. The molecule has 1 atom stereocenters. The summed E-state index contributed by atoms with van der Waals surface area (Å²) in [6, 6.07) is 2.55. The quantitative estimate of drug-likeness (QED) is 0.820. The fourth-order valence-corrected chi connectivity index (χ4v) is 1.53. The van der Waals surface area contributed by atoms with Crippen molar-refractivity contribution >= 4 is 0 Å². The summed E-state index contributed by atoms with van der Waals surface area (Å²) in [6.07, 6.45) is 0. The molecule has 1 aromatic rings. The van der Waals surface area contributed by atoms with Crippen molar-refractivity contribution in [1.82, 2.24) is 0 Å². The molecule has 0 saturated heterocycles. The van der Waals surface area contributed by atoms with E-state index >= 15 is 0 Å². The van der Waals surface area contributed by atoms with E-state index < -0.39 is 11.6 Å². The maximum Gasteiger partial charge on any atom is 0.129 e. The van der Waals surface area contributed by atoms with Crippen LogP contribution in [0.2, 0.25) is 0 Å². The molecule has 0 aromatic heterocycles. The highest BCUT2D eigenvalue weighted by Gasteiger charge is 2.15. The predicted octanol–water partition coefficient (Wildman–Crippen LogP) is 3.15. The molecule has 84 valence electrons. The van der Waals surface area contributed by atoms with E-state index in [1.807, 2.05) is 20.8 Å². The second kappa shape index (κ2) is 4.71. The van der Waals surface area contributed by atoms with Crippen LogP contribution in [0.4, 0.5) is 8.78 Å². The third kappa shape index (κ3) is 2.53.